The third kappa shape index (κ3) is 19.9. The lowest BCUT2D eigenvalue weighted by Crippen LogP contribution is -2.13. The fourth-order valence-corrected chi connectivity index (χ4v) is 3.22. The molecule has 28 heavy (non-hydrogen) atoms. The maximum absolute atomic E-state index is 11.7. The topological polar surface area (TPSA) is 44.8 Å². The second-order valence-corrected chi connectivity index (χ2v) is 7.80. The summed E-state index contributed by atoms with van der Waals surface area (Å²) in [4.78, 5) is 11.7. The fourth-order valence-electron chi connectivity index (χ4n) is 3.22. The van der Waals surface area contributed by atoms with Gasteiger partial charge < -0.3 is 14.2 Å². The van der Waals surface area contributed by atoms with Crippen LogP contribution >= 0.6 is 0 Å². The number of unbranched alkanes of at least 4 members (excludes halogenated alkanes) is 15. The fraction of sp³-hybridized carbons (Fsp3) is 0.875. The molecule has 0 atom stereocenters. The van der Waals surface area contributed by atoms with Crippen LogP contribution in [-0.4, -0.2) is 33.1 Å². The summed E-state index contributed by atoms with van der Waals surface area (Å²) in [5.41, 5.74) is 0.341. The monoisotopic (exact) mass is 398 g/mol. The Bertz CT molecular complexity index is 355. The molecule has 0 heterocycles. The number of carbonyl (C=O) groups is 1. The molecule has 0 amide bonds. The van der Waals surface area contributed by atoms with E-state index in [9.17, 15) is 4.79 Å². The Balaban J connectivity index is 3.19. The molecule has 0 radical (unpaired) electrons. The van der Waals surface area contributed by atoms with Crippen LogP contribution in [0, 0.1) is 0 Å². The van der Waals surface area contributed by atoms with Gasteiger partial charge in [0.15, 0.2) is 0 Å². The first-order chi connectivity index (χ1) is 13.7. The molecular weight excluding hydrogens is 352 g/mol. The van der Waals surface area contributed by atoms with E-state index in [4.69, 9.17) is 14.2 Å². The minimum atomic E-state index is -0.364. The van der Waals surface area contributed by atoms with Gasteiger partial charge in [-0.2, -0.15) is 0 Å². The second kappa shape index (κ2) is 22.4. The van der Waals surface area contributed by atoms with Crippen LogP contribution < -0.4 is 0 Å². The molecule has 0 aromatic heterocycles. The smallest absolute Gasteiger partial charge is 0.335 e. The molecule has 0 fully saturated rings. The normalized spacial score (nSPS) is 10.9. The van der Waals surface area contributed by atoms with Gasteiger partial charge in [0.05, 0.1) is 18.8 Å². The van der Waals surface area contributed by atoms with Crippen molar-refractivity contribution in [1.82, 2.24) is 0 Å². The number of rotatable bonds is 22. The molecule has 0 saturated carbocycles. The zero-order chi connectivity index (χ0) is 20.7. The first kappa shape index (κ1) is 27.1. The first-order valence-electron chi connectivity index (χ1n) is 11.6. The van der Waals surface area contributed by atoms with Gasteiger partial charge in [0.2, 0.25) is 0 Å². The lowest BCUT2D eigenvalue weighted by molar-refractivity contribution is -0.140. The van der Waals surface area contributed by atoms with Crippen LogP contribution in [-0.2, 0) is 19.0 Å². The summed E-state index contributed by atoms with van der Waals surface area (Å²) < 4.78 is 15.0. The van der Waals surface area contributed by atoms with Gasteiger partial charge in [-0.05, 0) is 6.42 Å². The highest BCUT2D eigenvalue weighted by Gasteiger charge is 2.08. The Morgan fingerprint density at radius 2 is 1.14 bits per heavy atom. The minimum absolute atomic E-state index is 0.158. The SMILES string of the molecule is C=C(COCOC)C(=O)OCCCCCCCCCCCCCCCCCC. The van der Waals surface area contributed by atoms with Crippen molar-refractivity contribution < 1.29 is 19.0 Å². The standard InChI is InChI=1S/C24H46O4/c1-4-5-6-7-8-9-10-11-12-13-14-15-16-17-18-19-20-28-24(25)23(2)21-27-22-26-3/h2,4-22H2,1,3H3. The molecule has 0 bridgehead atoms. The number of hydrogen-bond donors (Lipinski definition) is 0. The maximum atomic E-state index is 11.7. The number of methoxy groups -OCH3 is 1. The molecule has 0 spiro atoms. The van der Waals surface area contributed by atoms with Gasteiger partial charge in [-0.1, -0.05) is 110 Å². The molecule has 0 N–H and O–H groups in total. The minimum Gasteiger partial charge on any atom is -0.462 e. The summed E-state index contributed by atoms with van der Waals surface area (Å²) in [5, 5.41) is 0. The van der Waals surface area contributed by atoms with Gasteiger partial charge in [0, 0.05) is 7.11 Å². The van der Waals surface area contributed by atoms with E-state index < -0.39 is 0 Å². The van der Waals surface area contributed by atoms with Gasteiger partial charge >= 0.3 is 5.97 Å². The van der Waals surface area contributed by atoms with Gasteiger partial charge in [-0.15, -0.1) is 0 Å². The molecule has 0 aromatic rings. The van der Waals surface area contributed by atoms with Crippen molar-refractivity contribution in [1.29, 1.82) is 0 Å². The predicted octanol–water partition coefficient (Wildman–Crippen LogP) is 6.97. The van der Waals surface area contributed by atoms with Crippen molar-refractivity contribution in [2.45, 2.75) is 110 Å². The molecule has 0 aliphatic carbocycles. The van der Waals surface area contributed by atoms with Crippen LogP contribution in [0.3, 0.4) is 0 Å². The van der Waals surface area contributed by atoms with E-state index in [0.29, 0.717) is 12.2 Å². The highest BCUT2D eigenvalue weighted by Crippen LogP contribution is 2.13. The van der Waals surface area contributed by atoms with Crippen molar-refractivity contribution in [3.05, 3.63) is 12.2 Å². The maximum Gasteiger partial charge on any atom is 0.335 e. The van der Waals surface area contributed by atoms with Crippen LogP contribution in [0.25, 0.3) is 0 Å². The second-order valence-electron chi connectivity index (χ2n) is 7.80. The van der Waals surface area contributed by atoms with E-state index in [1.807, 2.05) is 0 Å². The summed E-state index contributed by atoms with van der Waals surface area (Å²) in [6.45, 7) is 6.73. The molecule has 0 aliphatic heterocycles. The van der Waals surface area contributed by atoms with Gasteiger partial charge in [0.25, 0.3) is 0 Å². The summed E-state index contributed by atoms with van der Waals surface area (Å²) in [6, 6.07) is 0. The number of carbonyl (C=O) groups excluding carboxylic acids is 1. The molecular formula is C24H46O4. The van der Waals surface area contributed by atoms with Crippen LogP contribution in [0.4, 0.5) is 0 Å². The molecule has 166 valence electrons. The summed E-state index contributed by atoms with van der Waals surface area (Å²) in [7, 11) is 1.54. The van der Waals surface area contributed by atoms with Crippen molar-refractivity contribution in [3.8, 4) is 0 Å². The Labute approximate surface area is 174 Å². The Morgan fingerprint density at radius 3 is 1.57 bits per heavy atom. The van der Waals surface area contributed by atoms with Crippen molar-refractivity contribution in [2.24, 2.45) is 0 Å². The number of ether oxygens (including phenoxy) is 3. The van der Waals surface area contributed by atoms with E-state index >= 15 is 0 Å². The van der Waals surface area contributed by atoms with Gasteiger partial charge in [0.1, 0.15) is 6.79 Å². The van der Waals surface area contributed by atoms with E-state index in [1.54, 1.807) is 7.11 Å². The zero-order valence-corrected chi connectivity index (χ0v) is 18.8. The molecule has 0 rings (SSSR count). The number of esters is 1. The molecule has 4 heteroatoms. The van der Waals surface area contributed by atoms with E-state index in [2.05, 4.69) is 13.5 Å². The average Bonchev–Trinajstić information content (AvgIpc) is 2.70. The molecule has 4 nitrogen and oxygen atoms in total. The van der Waals surface area contributed by atoms with Gasteiger partial charge in [-0.3, -0.25) is 0 Å². The van der Waals surface area contributed by atoms with Crippen LogP contribution in [0.2, 0.25) is 0 Å². The Morgan fingerprint density at radius 1 is 0.714 bits per heavy atom. The van der Waals surface area contributed by atoms with Crippen LogP contribution in [0.15, 0.2) is 12.2 Å². The zero-order valence-electron chi connectivity index (χ0n) is 18.8. The molecule has 0 saturated heterocycles. The Kier molecular flexibility index (Phi) is 21.7. The summed E-state index contributed by atoms with van der Waals surface area (Å²) >= 11 is 0. The largest absolute Gasteiger partial charge is 0.462 e. The highest BCUT2D eigenvalue weighted by molar-refractivity contribution is 5.87. The van der Waals surface area contributed by atoms with Crippen LogP contribution in [0.5, 0.6) is 0 Å². The molecule has 0 aliphatic rings. The van der Waals surface area contributed by atoms with E-state index in [-0.39, 0.29) is 19.4 Å². The lowest BCUT2D eigenvalue weighted by Gasteiger charge is -2.07. The predicted molar refractivity (Wildman–Crippen MR) is 117 cm³/mol. The molecule has 0 unspecified atom stereocenters. The molecule has 0 aromatic carbocycles. The Hall–Kier alpha value is -0.870. The third-order valence-corrected chi connectivity index (χ3v) is 5.00. The van der Waals surface area contributed by atoms with Crippen LogP contribution in [0.1, 0.15) is 110 Å². The average molecular weight is 399 g/mol. The van der Waals surface area contributed by atoms with Gasteiger partial charge in [-0.25, -0.2) is 4.79 Å². The summed E-state index contributed by atoms with van der Waals surface area (Å²) in [6.07, 6.45) is 21.4. The first-order valence-corrected chi connectivity index (χ1v) is 11.6. The summed E-state index contributed by atoms with van der Waals surface area (Å²) in [5.74, 6) is -0.364. The van der Waals surface area contributed by atoms with Crippen molar-refractivity contribution in [3.63, 3.8) is 0 Å². The van der Waals surface area contributed by atoms with Crippen molar-refractivity contribution in [2.75, 3.05) is 27.1 Å². The van der Waals surface area contributed by atoms with E-state index in [1.165, 1.54) is 89.9 Å². The third-order valence-electron chi connectivity index (χ3n) is 5.00. The quantitative estimate of drug-likeness (QED) is 0.0855. The van der Waals surface area contributed by atoms with Crippen molar-refractivity contribution >= 4 is 5.97 Å². The number of hydrogen-bond acceptors (Lipinski definition) is 4. The van der Waals surface area contributed by atoms with E-state index in [0.717, 1.165) is 12.8 Å². The lowest BCUT2D eigenvalue weighted by atomic mass is 10.0. The highest BCUT2D eigenvalue weighted by atomic mass is 16.7.